The minimum Gasteiger partial charge on any atom is -0.506 e. The van der Waals surface area contributed by atoms with E-state index in [4.69, 9.17) is 18.9 Å². The Hall–Kier alpha value is -4.39. The van der Waals surface area contributed by atoms with Gasteiger partial charge in [-0.2, -0.15) is 0 Å². The second-order valence-electron chi connectivity index (χ2n) is 7.13. The third-order valence-electron chi connectivity index (χ3n) is 4.99. The smallest absolute Gasteiger partial charge is 0.248 e. The monoisotopic (exact) mass is 461 g/mol. The fraction of sp³-hybridized carbons (Fsp3) is 0.148. The van der Waals surface area contributed by atoms with E-state index in [9.17, 15) is 9.90 Å². The Labute approximate surface area is 198 Å². The van der Waals surface area contributed by atoms with Gasteiger partial charge >= 0.3 is 0 Å². The number of benzene rings is 3. The molecule has 176 valence electrons. The molecule has 0 saturated heterocycles. The molecular formula is C27H27NO6. The minimum absolute atomic E-state index is 0.0380. The van der Waals surface area contributed by atoms with E-state index in [-0.39, 0.29) is 11.7 Å². The van der Waals surface area contributed by atoms with Crippen LogP contribution in [-0.2, 0) is 4.79 Å². The summed E-state index contributed by atoms with van der Waals surface area (Å²) >= 11 is 0. The number of ether oxygens (including phenoxy) is 4. The highest BCUT2D eigenvalue weighted by Crippen LogP contribution is 2.38. The molecule has 3 aromatic rings. The number of anilines is 1. The van der Waals surface area contributed by atoms with Crippen LogP contribution in [0.5, 0.6) is 28.7 Å². The van der Waals surface area contributed by atoms with Crippen LogP contribution >= 0.6 is 0 Å². The van der Waals surface area contributed by atoms with Crippen molar-refractivity contribution in [2.75, 3.05) is 33.8 Å². The van der Waals surface area contributed by atoms with Gasteiger partial charge in [0.1, 0.15) is 11.5 Å². The molecule has 0 atom stereocenters. The highest BCUT2D eigenvalue weighted by Gasteiger charge is 2.12. The van der Waals surface area contributed by atoms with Crippen LogP contribution < -0.4 is 24.3 Å². The van der Waals surface area contributed by atoms with Crippen molar-refractivity contribution in [1.82, 2.24) is 0 Å². The zero-order chi connectivity index (χ0) is 24.5. The maximum Gasteiger partial charge on any atom is 0.248 e. The number of para-hydroxylation sites is 1. The lowest BCUT2D eigenvalue weighted by Gasteiger charge is -2.12. The van der Waals surface area contributed by atoms with E-state index in [1.165, 1.54) is 12.1 Å². The van der Waals surface area contributed by atoms with Crippen molar-refractivity contribution >= 4 is 29.8 Å². The maximum absolute atomic E-state index is 12.4. The number of hydrogen-bond donors (Lipinski definition) is 2. The number of aromatic hydroxyl groups is 1. The van der Waals surface area contributed by atoms with E-state index in [2.05, 4.69) is 5.32 Å². The van der Waals surface area contributed by atoms with Crippen LogP contribution in [0.3, 0.4) is 0 Å². The quantitative estimate of drug-likeness (QED) is 0.257. The Morgan fingerprint density at radius 2 is 1.41 bits per heavy atom. The Balaban J connectivity index is 1.78. The summed E-state index contributed by atoms with van der Waals surface area (Å²) in [6.07, 6.45) is 6.75. The predicted molar refractivity (Wildman–Crippen MR) is 134 cm³/mol. The molecule has 0 spiro atoms. The zero-order valence-corrected chi connectivity index (χ0v) is 19.5. The van der Waals surface area contributed by atoms with E-state index < -0.39 is 0 Å². The van der Waals surface area contributed by atoms with Crippen molar-refractivity contribution in [3.05, 3.63) is 77.4 Å². The summed E-state index contributed by atoms with van der Waals surface area (Å²) in [7, 11) is 6.24. The highest BCUT2D eigenvalue weighted by molar-refractivity contribution is 6.03. The number of carbonyl (C=O) groups is 1. The first-order valence-electron chi connectivity index (χ1n) is 10.4. The van der Waals surface area contributed by atoms with Crippen LogP contribution in [-0.4, -0.2) is 39.5 Å². The van der Waals surface area contributed by atoms with Crippen molar-refractivity contribution in [3.8, 4) is 28.7 Å². The van der Waals surface area contributed by atoms with Crippen LogP contribution in [0.4, 0.5) is 5.69 Å². The van der Waals surface area contributed by atoms with Gasteiger partial charge in [0.15, 0.2) is 11.5 Å². The summed E-state index contributed by atoms with van der Waals surface area (Å²) < 4.78 is 21.4. The van der Waals surface area contributed by atoms with Gasteiger partial charge in [-0.3, -0.25) is 4.79 Å². The van der Waals surface area contributed by atoms with Gasteiger partial charge in [-0.15, -0.1) is 0 Å². The number of hydrogen-bond acceptors (Lipinski definition) is 6. The average molecular weight is 462 g/mol. The number of phenols is 1. The first kappa shape index (κ1) is 24.3. The lowest BCUT2D eigenvalue weighted by Crippen LogP contribution is -2.08. The Kier molecular flexibility index (Phi) is 8.18. The molecule has 0 fully saturated rings. The van der Waals surface area contributed by atoms with E-state index in [0.717, 1.165) is 16.7 Å². The molecule has 7 heteroatoms. The molecule has 0 aliphatic carbocycles. The van der Waals surface area contributed by atoms with Gasteiger partial charge in [0.05, 0.1) is 34.1 Å². The van der Waals surface area contributed by atoms with Gasteiger partial charge < -0.3 is 29.4 Å². The van der Waals surface area contributed by atoms with Crippen LogP contribution in [0.1, 0.15) is 16.7 Å². The van der Waals surface area contributed by atoms with Gasteiger partial charge in [0.25, 0.3) is 0 Å². The van der Waals surface area contributed by atoms with Crippen molar-refractivity contribution in [3.63, 3.8) is 0 Å². The molecule has 0 bridgehead atoms. The molecule has 3 rings (SSSR count). The standard InChI is InChI=1S/C27H27NO6/c1-31-23-8-6-5-7-20(23)12-14-26(30)28-21-15-18(11-13-22(21)29)9-10-19-16-24(32-2)27(34-4)25(17-19)33-3/h5-17,29H,1-4H3,(H,28,30)/b10-9+,14-12+. The lowest BCUT2D eigenvalue weighted by molar-refractivity contribution is -0.111. The molecule has 0 aliphatic heterocycles. The molecule has 3 aromatic carbocycles. The number of rotatable bonds is 9. The Bertz CT molecular complexity index is 1190. The van der Waals surface area contributed by atoms with Crippen molar-refractivity contribution in [1.29, 1.82) is 0 Å². The summed E-state index contributed by atoms with van der Waals surface area (Å²) in [5.41, 5.74) is 2.66. The second kappa shape index (κ2) is 11.5. The van der Waals surface area contributed by atoms with Gasteiger partial charge in [0, 0.05) is 11.6 Å². The zero-order valence-electron chi connectivity index (χ0n) is 19.5. The first-order valence-corrected chi connectivity index (χ1v) is 10.4. The molecule has 0 aromatic heterocycles. The van der Waals surface area contributed by atoms with Crippen molar-refractivity contribution < 1.29 is 28.8 Å². The van der Waals surface area contributed by atoms with Crippen LogP contribution in [0.25, 0.3) is 18.2 Å². The van der Waals surface area contributed by atoms with Crippen LogP contribution in [0, 0.1) is 0 Å². The number of nitrogens with one attached hydrogen (secondary N) is 1. The molecule has 0 saturated carbocycles. The van der Waals surface area contributed by atoms with Crippen LogP contribution in [0.15, 0.2) is 60.7 Å². The van der Waals surface area contributed by atoms with Gasteiger partial charge in [-0.1, -0.05) is 36.4 Å². The summed E-state index contributed by atoms with van der Waals surface area (Å²) in [4.78, 5) is 12.4. The first-order chi connectivity index (χ1) is 16.5. The topological polar surface area (TPSA) is 86.3 Å². The van der Waals surface area contributed by atoms with E-state index in [0.29, 0.717) is 28.7 Å². The maximum atomic E-state index is 12.4. The lowest BCUT2D eigenvalue weighted by atomic mass is 10.1. The minimum atomic E-state index is -0.382. The summed E-state index contributed by atoms with van der Waals surface area (Å²) in [6.45, 7) is 0. The molecule has 7 nitrogen and oxygen atoms in total. The van der Waals surface area contributed by atoms with E-state index in [1.807, 2.05) is 48.6 Å². The predicted octanol–water partition coefficient (Wildman–Crippen LogP) is 5.25. The van der Waals surface area contributed by atoms with Gasteiger partial charge in [-0.05, 0) is 47.5 Å². The van der Waals surface area contributed by atoms with E-state index >= 15 is 0 Å². The van der Waals surface area contributed by atoms with Gasteiger partial charge in [0.2, 0.25) is 11.7 Å². The summed E-state index contributed by atoms with van der Waals surface area (Å²) in [5, 5.41) is 12.9. The molecule has 0 radical (unpaired) electrons. The fourth-order valence-electron chi connectivity index (χ4n) is 3.29. The van der Waals surface area contributed by atoms with E-state index in [1.54, 1.807) is 46.6 Å². The normalized spacial score (nSPS) is 10.9. The molecule has 0 heterocycles. The summed E-state index contributed by atoms with van der Waals surface area (Å²) in [5.74, 6) is 1.84. The largest absolute Gasteiger partial charge is 0.506 e. The van der Waals surface area contributed by atoms with Crippen molar-refractivity contribution in [2.24, 2.45) is 0 Å². The fourth-order valence-corrected chi connectivity index (χ4v) is 3.29. The molecule has 0 aliphatic rings. The van der Waals surface area contributed by atoms with Crippen molar-refractivity contribution in [2.45, 2.75) is 0 Å². The third kappa shape index (κ3) is 5.89. The molecule has 1 amide bonds. The van der Waals surface area contributed by atoms with Crippen LogP contribution in [0.2, 0.25) is 0 Å². The number of carbonyl (C=O) groups excluding carboxylic acids is 1. The highest BCUT2D eigenvalue weighted by atomic mass is 16.5. The molecule has 2 N–H and O–H groups in total. The van der Waals surface area contributed by atoms with Gasteiger partial charge in [-0.25, -0.2) is 0 Å². The molecule has 0 unspecified atom stereocenters. The molecular weight excluding hydrogens is 434 g/mol. The molecule has 34 heavy (non-hydrogen) atoms. The Morgan fingerprint density at radius 3 is 2.06 bits per heavy atom. The SMILES string of the molecule is COc1ccccc1/C=C/C(=O)Nc1cc(/C=C/c2cc(OC)c(OC)c(OC)c2)ccc1O. The Morgan fingerprint density at radius 1 is 0.765 bits per heavy atom. The average Bonchev–Trinajstić information content (AvgIpc) is 2.87. The third-order valence-corrected chi connectivity index (χ3v) is 4.99. The second-order valence-corrected chi connectivity index (χ2v) is 7.13. The number of phenolic OH excluding ortho intramolecular Hbond substituents is 1. The summed E-state index contributed by atoms with van der Waals surface area (Å²) in [6, 6.07) is 16.0. The number of methoxy groups -OCH3 is 4. The number of amides is 1.